The highest BCUT2D eigenvalue weighted by atomic mass is 16.5. The third kappa shape index (κ3) is 5.11. The van der Waals surface area contributed by atoms with Gasteiger partial charge in [-0.3, -0.25) is 14.6 Å². The average molecular weight is 438 g/mol. The van der Waals surface area contributed by atoms with Crippen molar-refractivity contribution in [1.29, 1.82) is 0 Å². The fourth-order valence-corrected chi connectivity index (χ4v) is 4.49. The van der Waals surface area contributed by atoms with Crippen molar-refractivity contribution in [3.63, 3.8) is 0 Å². The van der Waals surface area contributed by atoms with E-state index in [0.29, 0.717) is 18.7 Å². The Morgan fingerprint density at radius 2 is 1.91 bits per heavy atom. The minimum atomic E-state index is -0.322. The standard InChI is InChI=1S/C25H31N3O4/c1-3-22-24(29)26-10-11-28(22)16-19-6-9-23-21(14-19)17-27(12-13-32-23)15-18-4-7-20(8-5-18)25(30)31-2/h4-9,14,22H,3,10-13,15-17H2,1-2H3,(H,26,29). The Kier molecular flexibility index (Phi) is 7.07. The molecule has 0 spiro atoms. The molecule has 4 rings (SSSR count). The van der Waals surface area contributed by atoms with Crippen LogP contribution in [0.5, 0.6) is 5.75 Å². The molecule has 32 heavy (non-hydrogen) atoms. The number of benzene rings is 2. The van der Waals surface area contributed by atoms with E-state index in [1.54, 1.807) is 12.1 Å². The Balaban J connectivity index is 1.45. The van der Waals surface area contributed by atoms with Crippen molar-refractivity contribution in [3.8, 4) is 5.75 Å². The van der Waals surface area contributed by atoms with E-state index in [1.165, 1.54) is 18.2 Å². The number of esters is 1. The summed E-state index contributed by atoms with van der Waals surface area (Å²) in [6.45, 7) is 7.41. The SMILES string of the molecule is CCC1C(=O)NCCN1Cc1ccc2c(c1)CN(Cc1ccc(C(=O)OC)cc1)CCO2. The molecule has 0 bridgehead atoms. The number of hydrogen-bond acceptors (Lipinski definition) is 6. The highest BCUT2D eigenvalue weighted by Gasteiger charge is 2.28. The summed E-state index contributed by atoms with van der Waals surface area (Å²) in [4.78, 5) is 28.5. The van der Waals surface area contributed by atoms with Gasteiger partial charge in [0.25, 0.3) is 0 Å². The van der Waals surface area contributed by atoms with Gasteiger partial charge in [0.1, 0.15) is 12.4 Å². The lowest BCUT2D eigenvalue weighted by Gasteiger charge is -2.34. The first-order valence-electron chi connectivity index (χ1n) is 11.2. The fraction of sp³-hybridized carbons (Fsp3) is 0.440. The Labute approximate surface area is 189 Å². The van der Waals surface area contributed by atoms with Gasteiger partial charge in [-0.1, -0.05) is 25.1 Å². The van der Waals surface area contributed by atoms with Gasteiger partial charge in [0.15, 0.2) is 0 Å². The van der Waals surface area contributed by atoms with Crippen molar-refractivity contribution in [2.75, 3.05) is 33.4 Å². The molecule has 170 valence electrons. The summed E-state index contributed by atoms with van der Waals surface area (Å²) < 4.78 is 10.8. The molecule has 1 amide bonds. The van der Waals surface area contributed by atoms with Gasteiger partial charge >= 0.3 is 5.97 Å². The summed E-state index contributed by atoms with van der Waals surface area (Å²) in [6, 6.07) is 13.9. The summed E-state index contributed by atoms with van der Waals surface area (Å²) >= 11 is 0. The van der Waals surface area contributed by atoms with Crippen LogP contribution in [-0.2, 0) is 29.2 Å². The van der Waals surface area contributed by atoms with Gasteiger partial charge in [-0.2, -0.15) is 0 Å². The molecule has 2 aliphatic heterocycles. The zero-order chi connectivity index (χ0) is 22.5. The molecule has 0 aromatic heterocycles. The number of nitrogens with zero attached hydrogens (tertiary/aromatic N) is 2. The van der Waals surface area contributed by atoms with Gasteiger partial charge < -0.3 is 14.8 Å². The predicted octanol–water partition coefficient (Wildman–Crippen LogP) is 2.58. The van der Waals surface area contributed by atoms with Crippen LogP contribution < -0.4 is 10.1 Å². The molecule has 1 atom stereocenters. The summed E-state index contributed by atoms with van der Waals surface area (Å²) in [7, 11) is 1.39. The van der Waals surface area contributed by atoms with Crippen molar-refractivity contribution >= 4 is 11.9 Å². The second-order valence-corrected chi connectivity index (χ2v) is 8.38. The summed E-state index contributed by atoms with van der Waals surface area (Å²) in [6.07, 6.45) is 0.808. The molecular formula is C25H31N3O4. The lowest BCUT2D eigenvalue weighted by molar-refractivity contribution is -0.129. The fourth-order valence-electron chi connectivity index (χ4n) is 4.49. The molecule has 1 unspecified atom stereocenters. The van der Waals surface area contributed by atoms with Crippen molar-refractivity contribution in [3.05, 3.63) is 64.7 Å². The number of amides is 1. The zero-order valence-electron chi connectivity index (χ0n) is 18.8. The van der Waals surface area contributed by atoms with E-state index in [9.17, 15) is 9.59 Å². The van der Waals surface area contributed by atoms with Gasteiger partial charge in [0.05, 0.1) is 18.7 Å². The first kappa shape index (κ1) is 22.3. The minimum Gasteiger partial charge on any atom is -0.492 e. The molecule has 2 heterocycles. The second-order valence-electron chi connectivity index (χ2n) is 8.38. The Morgan fingerprint density at radius 1 is 1.12 bits per heavy atom. The van der Waals surface area contributed by atoms with Crippen LogP contribution >= 0.6 is 0 Å². The smallest absolute Gasteiger partial charge is 0.337 e. The van der Waals surface area contributed by atoms with Crippen molar-refractivity contribution < 1.29 is 19.1 Å². The monoisotopic (exact) mass is 437 g/mol. The van der Waals surface area contributed by atoms with E-state index in [4.69, 9.17) is 9.47 Å². The summed E-state index contributed by atoms with van der Waals surface area (Å²) in [5, 5.41) is 2.97. The molecule has 0 saturated carbocycles. The minimum absolute atomic E-state index is 0.0664. The Morgan fingerprint density at radius 3 is 2.66 bits per heavy atom. The molecular weight excluding hydrogens is 406 g/mol. The number of fused-ring (bicyclic) bond motifs is 1. The maximum Gasteiger partial charge on any atom is 0.337 e. The van der Waals surface area contributed by atoms with Gasteiger partial charge in [0.2, 0.25) is 5.91 Å². The van der Waals surface area contributed by atoms with E-state index in [2.05, 4.69) is 40.2 Å². The van der Waals surface area contributed by atoms with E-state index in [-0.39, 0.29) is 17.9 Å². The summed E-state index contributed by atoms with van der Waals surface area (Å²) in [5.41, 5.74) is 4.06. The first-order valence-corrected chi connectivity index (χ1v) is 11.2. The van der Waals surface area contributed by atoms with E-state index in [1.807, 2.05) is 12.1 Å². The Bertz CT molecular complexity index is 960. The first-order chi connectivity index (χ1) is 15.6. The van der Waals surface area contributed by atoms with Gasteiger partial charge in [-0.05, 0) is 41.8 Å². The lowest BCUT2D eigenvalue weighted by Crippen LogP contribution is -2.54. The predicted molar refractivity (Wildman–Crippen MR) is 121 cm³/mol. The lowest BCUT2D eigenvalue weighted by atomic mass is 10.1. The number of hydrogen-bond donors (Lipinski definition) is 1. The number of methoxy groups -OCH3 is 1. The normalized spacial score (nSPS) is 19.4. The number of piperazine rings is 1. The van der Waals surface area contributed by atoms with Crippen LogP contribution in [0.3, 0.4) is 0 Å². The zero-order valence-corrected chi connectivity index (χ0v) is 18.8. The van der Waals surface area contributed by atoms with Crippen LogP contribution in [0.1, 0.15) is 40.4 Å². The molecule has 0 radical (unpaired) electrons. The number of carbonyl (C=O) groups is 2. The molecule has 0 aliphatic carbocycles. The summed E-state index contributed by atoms with van der Waals surface area (Å²) in [5.74, 6) is 0.736. The topological polar surface area (TPSA) is 71.1 Å². The molecule has 2 aromatic rings. The van der Waals surface area contributed by atoms with Crippen LogP contribution in [0.4, 0.5) is 0 Å². The van der Waals surface area contributed by atoms with Crippen molar-refractivity contribution in [1.82, 2.24) is 15.1 Å². The maximum absolute atomic E-state index is 12.2. The molecule has 2 aromatic carbocycles. The van der Waals surface area contributed by atoms with E-state index >= 15 is 0 Å². The second kappa shape index (κ2) is 10.1. The van der Waals surface area contributed by atoms with Crippen LogP contribution in [0.15, 0.2) is 42.5 Å². The maximum atomic E-state index is 12.2. The molecule has 1 fully saturated rings. The molecule has 1 saturated heterocycles. The number of nitrogens with one attached hydrogen (secondary N) is 1. The third-order valence-corrected chi connectivity index (χ3v) is 6.18. The Hall–Kier alpha value is -2.90. The number of ether oxygens (including phenoxy) is 2. The van der Waals surface area contributed by atoms with Gasteiger partial charge in [-0.25, -0.2) is 4.79 Å². The van der Waals surface area contributed by atoms with Crippen LogP contribution in [0, 0.1) is 0 Å². The van der Waals surface area contributed by atoms with E-state index < -0.39 is 0 Å². The molecule has 1 N–H and O–H groups in total. The molecule has 7 heteroatoms. The van der Waals surface area contributed by atoms with Crippen LogP contribution in [0.2, 0.25) is 0 Å². The average Bonchev–Trinajstić information content (AvgIpc) is 3.00. The highest BCUT2D eigenvalue weighted by molar-refractivity contribution is 5.89. The highest BCUT2D eigenvalue weighted by Crippen LogP contribution is 2.26. The molecule has 7 nitrogen and oxygen atoms in total. The van der Waals surface area contributed by atoms with Crippen molar-refractivity contribution in [2.24, 2.45) is 0 Å². The van der Waals surface area contributed by atoms with Crippen LogP contribution in [0.25, 0.3) is 0 Å². The van der Waals surface area contributed by atoms with Gasteiger partial charge in [0, 0.05) is 44.8 Å². The van der Waals surface area contributed by atoms with Gasteiger partial charge in [-0.15, -0.1) is 0 Å². The van der Waals surface area contributed by atoms with E-state index in [0.717, 1.165) is 50.5 Å². The quantitative estimate of drug-likeness (QED) is 0.701. The largest absolute Gasteiger partial charge is 0.492 e. The number of rotatable bonds is 6. The number of carbonyl (C=O) groups excluding carboxylic acids is 2. The van der Waals surface area contributed by atoms with Crippen LogP contribution in [-0.4, -0.2) is 61.1 Å². The van der Waals surface area contributed by atoms with Crippen molar-refractivity contribution in [2.45, 2.75) is 39.0 Å². The molecule has 2 aliphatic rings. The third-order valence-electron chi connectivity index (χ3n) is 6.18.